The van der Waals surface area contributed by atoms with Crippen LogP contribution in [-0.4, -0.2) is 28.3 Å². The number of rotatable bonds is 8. The first kappa shape index (κ1) is 20.9. The van der Waals surface area contributed by atoms with Gasteiger partial charge < -0.3 is 19.1 Å². The van der Waals surface area contributed by atoms with Crippen LogP contribution in [0.15, 0.2) is 60.7 Å². The number of halogens is 1. The van der Waals surface area contributed by atoms with Gasteiger partial charge in [-0.3, -0.25) is 0 Å². The highest BCUT2D eigenvalue weighted by Gasteiger charge is 2.17. The summed E-state index contributed by atoms with van der Waals surface area (Å²) in [6, 6.07) is 18.6. The van der Waals surface area contributed by atoms with E-state index in [0.29, 0.717) is 23.9 Å². The quantitative estimate of drug-likeness (QED) is 0.520. The predicted octanol–water partition coefficient (Wildman–Crippen LogP) is 4.12. The highest BCUT2D eigenvalue weighted by Crippen LogP contribution is 2.35. The summed E-state index contributed by atoms with van der Waals surface area (Å²) in [6.07, 6.45) is 0. The maximum Gasteiger partial charge on any atom is 0.169 e. The Bertz CT molecular complexity index is 964. The van der Waals surface area contributed by atoms with E-state index in [2.05, 4.69) is 0 Å². The Balaban J connectivity index is 2.00. The normalized spacial score (nSPS) is 10.9. The molecule has 0 bridgehead atoms. The van der Waals surface area contributed by atoms with Crippen molar-refractivity contribution in [3.05, 3.63) is 72.0 Å². The number of methoxy groups -OCH3 is 2. The molecule has 0 amide bonds. The number of benzene rings is 3. The van der Waals surface area contributed by atoms with Crippen LogP contribution in [0.25, 0.3) is 0 Å². The van der Waals surface area contributed by atoms with Crippen LogP contribution in [0.2, 0.25) is 0 Å². The Morgan fingerprint density at radius 3 is 2.31 bits per heavy atom. The summed E-state index contributed by atoms with van der Waals surface area (Å²) in [5.74, 6) is 1.71. The van der Waals surface area contributed by atoms with Crippen molar-refractivity contribution in [2.45, 2.75) is 6.61 Å². The van der Waals surface area contributed by atoms with E-state index in [1.54, 1.807) is 20.3 Å². The van der Waals surface area contributed by atoms with E-state index >= 15 is 0 Å². The van der Waals surface area contributed by atoms with Gasteiger partial charge in [-0.05, 0) is 29.8 Å². The molecule has 4 nitrogen and oxygen atoms in total. The average Bonchev–Trinajstić information content (AvgIpc) is 2.74. The Morgan fingerprint density at radius 2 is 1.66 bits per heavy atom. The third-order valence-corrected chi connectivity index (χ3v) is 5.75. The van der Waals surface area contributed by atoms with Crippen LogP contribution in [0.3, 0.4) is 0 Å². The summed E-state index contributed by atoms with van der Waals surface area (Å²) in [5, 5.41) is 1.95. The Hall–Kier alpha value is -2.78. The van der Waals surface area contributed by atoms with Gasteiger partial charge in [0.1, 0.15) is 18.2 Å². The van der Waals surface area contributed by atoms with Crippen molar-refractivity contribution >= 4 is 24.9 Å². The van der Waals surface area contributed by atoms with Gasteiger partial charge in [-0.25, -0.2) is 4.39 Å². The average molecular weight is 413 g/mol. The SMILES string of the molecule is COc1cc(OC)c(OCc2ccccc2)c(Pc2ccc(F)cc2N(C)C)c1. The molecule has 152 valence electrons. The molecule has 0 spiro atoms. The molecule has 0 aliphatic rings. The van der Waals surface area contributed by atoms with Gasteiger partial charge in [0.2, 0.25) is 0 Å². The van der Waals surface area contributed by atoms with E-state index in [1.807, 2.05) is 67.5 Å². The van der Waals surface area contributed by atoms with Gasteiger partial charge in [0.05, 0.1) is 14.2 Å². The van der Waals surface area contributed by atoms with Crippen LogP contribution >= 0.6 is 8.58 Å². The monoisotopic (exact) mass is 413 g/mol. The lowest BCUT2D eigenvalue weighted by atomic mass is 10.2. The topological polar surface area (TPSA) is 30.9 Å². The van der Waals surface area contributed by atoms with E-state index in [0.717, 1.165) is 21.9 Å². The Kier molecular flexibility index (Phi) is 6.95. The molecule has 0 radical (unpaired) electrons. The van der Waals surface area contributed by atoms with Crippen LogP contribution < -0.4 is 29.7 Å². The molecule has 0 aromatic heterocycles. The van der Waals surface area contributed by atoms with Crippen LogP contribution in [0.1, 0.15) is 5.56 Å². The van der Waals surface area contributed by atoms with Gasteiger partial charge >= 0.3 is 0 Å². The minimum Gasteiger partial charge on any atom is -0.497 e. The number of nitrogens with zero attached hydrogens (tertiary/aromatic N) is 1. The van der Waals surface area contributed by atoms with E-state index in [1.165, 1.54) is 6.07 Å². The number of anilines is 1. The number of hydrogen-bond acceptors (Lipinski definition) is 4. The largest absolute Gasteiger partial charge is 0.497 e. The third kappa shape index (κ3) is 5.18. The lowest BCUT2D eigenvalue weighted by molar-refractivity contribution is 0.286. The zero-order chi connectivity index (χ0) is 20.8. The molecule has 0 saturated carbocycles. The van der Waals surface area contributed by atoms with Gasteiger partial charge in [-0.15, -0.1) is 0 Å². The second kappa shape index (κ2) is 9.62. The van der Waals surface area contributed by atoms with E-state index in [4.69, 9.17) is 14.2 Å². The van der Waals surface area contributed by atoms with Crippen LogP contribution in [0.4, 0.5) is 10.1 Å². The highest BCUT2D eigenvalue weighted by atomic mass is 31.1. The first-order valence-electron chi connectivity index (χ1n) is 9.18. The van der Waals surface area contributed by atoms with Gasteiger partial charge in [0, 0.05) is 36.5 Å². The highest BCUT2D eigenvalue weighted by molar-refractivity contribution is 7.56. The van der Waals surface area contributed by atoms with E-state index in [-0.39, 0.29) is 14.4 Å². The molecule has 0 aliphatic heterocycles. The molecule has 0 fully saturated rings. The summed E-state index contributed by atoms with van der Waals surface area (Å²) >= 11 is 0. The van der Waals surface area contributed by atoms with Crippen LogP contribution in [0, 0.1) is 5.82 Å². The van der Waals surface area contributed by atoms with Gasteiger partial charge in [-0.1, -0.05) is 38.9 Å². The molecule has 0 saturated heterocycles. The maximum atomic E-state index is 13.8. The van der Waals surface area contributed by atoms with E-state index < -0.39 is 0 Å². The van der Waals surface area contributed by atoms with Crippen molar-refractivity contribution < 1.29 is 18.6 Å². The number of ether oxygens (including phenoxy) is 3. The Morgan fingerprint density at radius 1 is 0.897 bits per heavy atom. The fourth-order valence-electron chi connectivity index (χ4n) is 2.94. The standard InChI is InChI=1S/C23H25FNO3P/c1-25(2)19-12-17(24)10-11-21(19)29-22-14-18(26-3)13-20(27-4)23(22)28-15-16-8-6-5-7-9-16/h5-14,29H,15H2,1-4H3. The van der Waals surface area contributed by atoms with Gasteiger partial charge in [-0.2, -0.15) is 0 Å². The van der Waals surface area contributed by atoms with Crippen molar-refractivity contribution in [2.75, 3.05) is 33.2 Å². The van der Waals surface area contributed by atoms with Crippen LogP contribution in [0.5, 0.6) is 17.2 Å². The third-order valence-electron chi connectivity index (χ3n) is 4.42. The molecule has 1 unspecified atom stereocenters. The van der Waals surface area contributed by atoms with Crippen molar-refractivity contribution in [3.8, 4) is 17.2 Å². The molecule has 0 N–H and O–H groups in total. The molecule has 3 aromatic carbocycles. The molecule has 6 heteroatoms. The summed E-state index contributed by atoms with van der Waals surface area (Å²) in [6.45, 7) is 0.422. The van der Waals surface area contributed by atoms with Crippen molar-refractivity contribution in [2.24, 2.45) is 0 Å². The maximum absolute atomic E-state index is 13.8. The fraction of sp³-hybridized carbons (Fsp3) is 0.217. The summed E-state index contributed by atoms with van der Waals surface area (Å²) in [5.41, 5.74) is 1.90. The minimum absolute atomic E-state index is 0.237. The zero-order valence-electron chi connectivity index (χ0n) is 17.0. The molecule has 1 atom stereocenters. The first-order chi connectivity index (χ1) is 14.0. The predicted molar refractivity (Wildman–Crippen MR) is 119 cm³/mol. The van der Waals surface area contributed by atoms with Gasteiger partial charge in [0.15, 0.2) is 11.5 Å². The van der Waals surface area contributed by atoms with E-state index in [9.17, 15) is 4.39 Å². The summed E-state index contributed by atoms with van der Waals surface area (Å²) < 4.78 is 31.0. The van der Waals surface area contributed by atoms with Gasteiger partial charge in [0.25, 0.3) is 0 Å². The fourth-order valence-corrected chi connectivity index (χ4v) is 4.35. The molecular formula is C23H25FNO3P. The lowest BCUT2D eigenvalue weighted by Gasteiger charge is -2.20. The van der Waals surface area contributed by atoms with Crippen molar-refractivity contribution in [1.82, 2.24) is 0 Å². The minimum atomic E-state index is -0.258. The molecule has 29 heavy (non-hydrogen) atoms. The summed E-state index contributed by atoms with van der Waals surface area (Å²) in [4.78, 5) is 1.91. The van der Waals surface area contributed by atoms with Crippen molar-refractivity contribution in [1.29, 1.82) is 0 Å². The summed E-state index contributed by atoms with van der Waals surface area (Å²) in [7, 11) is 7.28. The lowest BCUT2D eigenvalue weighted by Crippen LogP contribution is -2.19. The zero-order valence-corrected chi connectivity index (χ0v) is 18.0. The smallest absolute Gasteiger partial charge is 0.169 e. The number of hydrogen-bond donors (Lipinski definition) is 0. The molecule has 3 rings (SSSR count). The van der Waals surface area contributed by atoms with Crippen molar-refractivity contribution in [3.63, 3.8) is 0 Å². The van der Waals surface area contributed by atoms with Crippen LogP contribution in [-0.2, 0) is 6.61 Å². The second-order valence-corrected chi connectivity index (χ2v) is 7.99. The molecule has 0 heterocycles. The first-order valence-corrected chi connectivity index (χ1v) is 10.2. The molecular weight excluding hydrogens is 388 g/mol. The second-order valence-electron chi connectivity index (χ2n) is 6.66. The molecule has 0 aliphatic carbocycles. The Labute approximate surface area is 173 Å². The molecule has 3 aromatic rings.